The topological polar surface area (TPSA) is 72.8 Å². The Hall–Kier alpha value is -0.950. The van der Waals surface area contributed by atoms with E-state index in [9.17, 15) is 13.0 Å². The van der Waals surface area contributed by atoms with Crippen LogP contribution in [0.1, 0.15) is 31.9 Å². The Balaban J connectivity index is 2.29. The number of benzene rings is 1. The van der Waals surface area contributed by atoms with Gasteiger partial charge in [0.05, 0.1) is 18.1 Å². The predicted molar refractivity (Wildman–Crippen MR) is 78.8 cm³/mol. The zero-order valence-electron chi connectivity index (χ0n) is 12.8. The first kappa shape index (κ1) is 16.4. The van der Waals surface area contributed by atoms with E-state index in [1.165, 1.54) is 6.07 Å². The zero-order valence-corrected chi connectivity index (χ0v) is 13.7. The number of hydrogen-bond acceptors (Lipinski definition) is 4. The number of rotatable bonds is 3. The molecule has 0 unspecified atom stereocenters. The SMILES string of the molecule is Cc1ccc(S(=O)(=O)O)c(CC2(C)COC(C)(C)OC2)c1. The van der Waals surface area contributed by atoms with Crippen molar-refractivity contribution in [1.29, 1.82) is 0 Å². The molecule has 0 radical (unpaired) electrons. The van der Waals surface area contributed by atoms with Crippen LogP contribution in [0, 0.1) is 12.3 Å². The molecule has 0 saturated carbocycles. The highest BCUT2D eigenvalue weighted by molar-refractivity contribution is 7.85. The van der Waals surface area contributed by atoms with Gasteiger partial charge in [0, 0.05) is 5.41 Å². The van der Waals surface area contributed by atoms with Crippen molar-refractivity contribution in [3.8, 4) is 0 Å². The largest absolute Gasteiger partial charge is 0.350 e. The molecule has 5 nitrogen and oxygen atoms in total. The first-order valence-electron chi connectivity index (χ1n) is 6.86. The Morgan fingerprint density at radius 1 is 1.19 bits per heavy atom. The standard InChI is InChI=1S/C15H22O5S/c1-11-5-6-13(21(16,17)18)12(7-11)8-15(4)9-19-14(2,3)20-10-15/h5-7H,8-10H2,1-4H3,(H,16,17,18). The molecule has 1 heterocycles. The lowest BCUT2D eigenvalue weighted by Gasteiger charge is -2.41. The van der Waals surface area contributed by atoms with Gasteiger partial charge in [-0.3, -0.25) is 4.55 Å². The van der Waals surface area contributed by atoms with Crippen molar-refractivity contribution >= 4 is 10.1 Å². The van der Waals surface area contributed by atoms with Gasteiger partial charge in [-0.05, 0) is 38.8 Å². The van der Waals surface area contributed by atoms with Crippen LogP contribution in [0.5, 0.6) is 0 Å². The van der Waals surface area contributed by atoms with Crippen molar-refractivity contribution in [2.75, 3.05) is 13.2 Å². The second-order valence-electron chi connectivity index (χ2n) is 6.55. The minimum atomic E-state index is -4.23. The molecule has 118 valence electrons. The van der Waals surface area contributed by atoms with E-state index in [0.717, 1.165) is 5.56 Å². The molecular weight excluding hydrogens is 292 g/mol. The van der Waals surface area contributed by atoms with Crippen LogP contribution in [0.25, 0.3) is 0 Å². The maximum atomic E-state index is 11.5. The molecule has 6 heteroatoms. The molecule has 2 rings (SSSR count). The van der Waals surface area contributed by atoms with Crippen LogP contribution in [0.4, 0.5) is 0 Å². The van der Waals surface area contributed by atoms with E-state index in [2.05, 4.69) is 0 Å². The smallest absolute Gasteiger partial charge is 0.294 e. The van der Waals surface area contributed by atoms with Gasteiger partial charge < -0.3 is 9.47 Å². The number of hydrogen-bond donors (Lipinski definition) is 1. The summed E-state index contributed by atoms with van der Waals surface area (Å²) in [6.45, 7) is 8.51. The van der Waals surface area contributed by atoms with Gasteiger partial charge in [-0.1, -0.05) is 24.6 Å². The lowest BCUT2D eigenvalue weighted by atomic mass is 9.84. The summed E-state index contributed by atoms with van der Waals surface area (Å²) >= 11 is 0. The molecular formula is C15H22O5S. The van der Waals surface area contributed by atoms with Gasteiger partial charge >= 0.3 is 0 Å². The van der Waals surface area contributed by atoms with Crippen LogP contribution >= 0.6 is 0 Å². The molecule has 1 saturated heterocycles. The third kappa shape index (κ3) is 4.03. The minimum Gasteiger partial charge on any atom is -0.350 e. The summed E-state index contributed by atoms with van der Waals surface area (Å²) < 4.78 is 43.7. The van der Waals surface area contributed by atoms with E-state index in [-0.39, 0.29) is 10.3 Å². The Morgan fingerprint density at radius 2 is 1.76 bits per heavy atom. The van der Waals surface area contributed by atoms with Gasteiger partial charge in [0.15, 0.2) is 5.79 Å². The first-order valence-corrected chi connectivity index (χ1v) is 8.30. The maximum Gasteiger partial charge on any atom is 0.294 e. The fraction of sp³-hybridized carbons (Fsp3) is 0.600. The molecule has 1 aliphatic rings. The Bertz CT molecular complexity index is 623. The highest BCUT2D eigenvalue weighted by Gasteiger charge is 2.37. The molecule has 1 aromatic rings. The highest BCUT2D eigenvalue weighted by atomic mass is 32.2. The summed E-state index contributed by atoms with van der Waals surface area (Å²) in [5.74, 6) is -0.613. The van der Waals surface area contributed by atoms with E-state index in [1.807, 2.05) is 27.7 Å². The van der Waals surface area contributed by atoms with Gasteiger partial charge in [0.25, 0.3) is 10.1 Å². The molecule has 1 N–H and O–H groups in total. The average molecular weight is 314 g/mol. The van der Waals surface area contributed by atoms with Gasteiger partial charge in [0.2, 0.25) is 0 Å². The zero-order chi connectivity index (χ0) is 15.9. The number of ether oxygens (including phenoxy) is 2. The lowest BCUT2D eigenvalue weighted by Crippen LogP contribution is -2.46. The van der Waals surface area contributed by atoms with Crippen molar-refractivity contribution in [3.63, 3.8) is 0 Å². The highest BCUT2D eigenvalue weighted by Crippen LogP contribution is 2.34. The normalized spacial score (nSPS) is 21.2. The van der Waals surface area contributed by atoms with Crippen molar-refractivity contribution < 1.29 is 22.4 Å². The second-order valence-corrected chi connectivity index (χ2v) is 7.94. The summed E-state index contributed by atoms with van der Waals surface area (Å²) in [6.07, 6.45) is 0.458. The van der Waals surface area contributed by atoms with Gasteiger partial charge in [-0.25, -0.2) is 0 Å². The molecule has 0 spiro atoms. The molecule has 0 amide bonds. The molecule has 1 aromatic carbocycles. The average Bonchev–Trinajstić information content (AvgIpc) is 2.32. The quantitative estimate of drug-likeness (QED) is 0.868. The van der Waals surface area contributed by atoms with Crippen LogP contribution in [0.2, 0.25) is 0 Å². The fourth-order valence-corrected chi connectivity index (χ4v) is 3.14. The summed E-state index contributed by atoms with van der Waals surface area (Å²) in [7, 11) is -4.23. The van der Waals surface area contributed by atoms with Crippen LogP contribution in [0.15, 0.2) is 23.1 Å². The van der Waals surface area contributed by atoms with E-state index in [4.69, 9.17) is 9.47 Å². The van der Waals surface area contributed by atoms with Crippen molar-refractivity contribution in [1.82, 2.24) is 0 Å². The van der Waals surface area contributed by atoms with E-state index < -0.39 is 15.9 Å². The molecule has 0 aliphatic carbocycles. The Morgan fingerprint density at radius 3 is 2.29 bits per heavy atom. The van der Waals surface area contributed by atoms with Crippen molar-refractivity contribution in [3.05, 3.63) is 29.3 Å². The number of aryl methyl sites for hydroxylation is 1. The third-order valence-electron chi connectivity index (χ3n) is 3.65. The van der Waals surface area contributed by atoms with Crippen LogP contribution in [0.3, 0.4) is 0 Å². The third-order valence-corrected chi connectivity index (χ3v) is 4.60. The van der Waals surface area contributed by atoms with E-state index in [0.29, 0.717) is 25.2 Å². The van der Waals surface area contributed by atoms with Crippen LogP contribution in [-0.2, 0) is 26.0 Å². The molecule has 1 aliphatic heterocycles. The molecule has 21 heavy (non-hydrogen) atoms. The summed E-state index contributed by atoms with van der Waals surface area (Å²) in [4.78, 5) is -0.0424. The molecule has 1 fully saturated rings. The maximum absolute atomic E-state index is 11.5. The van der Waals surface area contributed by atoms with E-state index in [1.54, 1.807) is 12.1 Å². The van der Waals surface area contributed by atoms with Crippen LogP contribution in [-0.4, -0.2) is 32.0 Å². The first-order chi connectivity index (χ1) is 9.51. The molecule has 0 atom stereocenters. The summed E-state index contributed by atoms with van der Waals surface area (Å²) in [5, 5.41) is 0. The van der Waals surface area contributed by atoms with Crippen molar-refractivity contribution in [2.24, 2.45) is 5.41 Å². The summed E-state index contributed by atoms with van der Waals surface area (Å²) in [6, 6.07) is 4.90. The van der Waals surface area contributed by atoms with Crippen molar-refractivity contribution in [2.45, 2.75) is 44.8 Å². The summed E-state index contributed by atoms with van der Waals surface area (Å²) in [5.41, 5.74) is 1.20. The molecule has 0 bridgehead atoms. The second kappa shape index (κ2) is 5.35. The van der Waals surface area contributed by atoms with Gasteiger partial charge in [-0.15, -0.1) is 0 Å². The predicted octanol–water partition coefficient (Wildman–Crippen LogP) is 2.57. The molecule has 0 aromatic heterocycles. The monoisotopic (exact) mass is 314 g/mol. The van der Waals surface area contributed by atoms with Gasteiger partial charge in [-0.2, -0.15) is 8.42 Å². The van der Waals surface area contributed by atoms with Gasteiger partial charge in [0.1, 0.15) is 0 Å². The lowest BCUT2D eigenvalue weighted by molar-refractivity contribution is -0.282. The minimum absolute atomic E-state index is 0.0424. The Kier molecular flexibility index (Phi) is 4.19. The van der Waals surface area contributed by atoms with E-state index >= 15 is 0 Å². The van der Waals surface area contributed by atoms with Crippen LogP contribution < -0.4 is 0 Å². The Labute approximate surface area is 126 Å². The fourth-order valence-electron chi connectivity index (χ4n) is 2.44.